The third kappa shape index (κ3) is 5.11. The molecule has 0 aromatic heterocycles. The third-order valence-corrected chi connectivity index (χ3v) is 5.58. The van der Waals surface area contributed by atoms with Crippen LogP contribution < -0.4 is 9.46 Å². The van der Waals surface area contributed by atoms with Gasteiger partial charge in [0.1, 0.15) is 5.75 Å². The highest BCUT2D eigenvalue weighted by Gasteiger charge is 2.31. The number of ether oxygens (including phenoxy) is 1. The summed E-state index contributed by atoms with van der Waals surface area (Å²) in [5.74, 6) is -1.06. The molecular formula is C20H13ClF3NO4S. The van der Waals surface area contributed by atoms with Crippen LogP contribution in [0.4, 0.5) is 18.9 Å². The van der Waals surface area contributed by atoms with Gasteiger partial charge in [0, 0.05) is 5.56 Å². The van der Waals surface area contributed by atoms with Crippen molar-refractivity contribution in [3.63, 3.8) is 0 Å². The molecule has 0 heterocycles. The first kappa shape index (κ1) is 21.7. The molecule has 0 aliphatic rings. The third-order valence-electron chi connectivity index (χ3n) is 3.89. The second-order valence-electron chi connectivity index (χ2n) is 5.98. The topological polar surface area (TPSA) is 72.5 Å². The SMILES string of the molecule is O=C(c1ccccc1)c1c(Cl)cccc1NS(=O)(=O)c1ccc(OC(F)(F)F)cc1. The van der Waals surface area contributed by atoms with Crippen molar-refractivity contribution >= 4 is 33.1 Å². The van der Waals surface area contributed by atoms with E-state index in [2.05, 4.69) is 9.46 Å². The molecule has 0 amide bonds. The molecule has 0 bridgehead atoms. The lowest BCUT2D eigenvalue weighted by Gasteiger charge is -2.14. The molecule has 3 aromatic rings. The fourth-order valence-corrected chi connectivity index (χ4v) is 3.93. The molecule has 0 aliphatic heterocycles. The van der Waals surface area contributed by atoms with Crippen LogP contribution in [0, 0.1) is 0 Å². The zero-order valence-electron chi connectivity index (χ0n) is 15.0. The Morgan fingerprint density at radius 2 is 1.53 bits per heavy atom. The molecular weight excluding hydrogens is 443 g/mol. The highest BCUT2D eigenvalue weighted by molar-refractivity contribution is 7.92. The van der Waals surface area contributed by atoms with Gasteiger partial charge in [0.15, 0.2) is 5.78 Å². The molecule has 0 aliphatic carbocycles. The molecule has 5 nitrogen and oxygen atoms in total. The smallest absolute Gasteiger partial charge is 0.406 e. The van der Waals surface area contributed by atoms with E-state index in [1.165, 1.54) is 18.2 Å². The summed E-state index contributed by atoms with van der Waals surface area (Å²) < 4.78 is 68.2. The number of halogens is 4. The van der Waals surface area contributed by atoms with Crippen LogP contribution in [0.5, 0.6) is 5.75 Å². The molecule has 0 saturated heterocycles. The number of anilines is 1. The molecule has 3 aromatic carbocycles. The maximum absolute atomic E-state index is 12.8. The molecule has 3 rings (SSSR count). The number of sulfonamides is 1. The largest absolute Gasteiger partial charge is 0.573 e. The minimum atomic E-state index is -4.90. The lowest BCUT2D eigenvalue weighted by Crippen LogP contribution is -2.18. The minimum absolute atomic E-state index is 0.0398. The summed E-state index contributed by atoms with van der Waals surface area (Å²) in [5.41, 5.74) is 0.192. The predicted octanol–water partition coefficient (Wildman–Crippen LogP) is 5.27. The van der Waals surface area contributed by atoms with Crippen molar-refractivity contribution < 1.29 is 31.1 Å². The molecule has 10 heteroatoms. The lowest BCUT2D eigenvalue weighted by molar-refractivity contribution is -0.274. The van der Waals surface area contributed by atoms with Gasteiger partial charge in [-0.05, 0) is 36.4 Å². The van der Waals surface area contributed by atoms with Gasteiger partial charge in [-0.3, -0.25) is 9.52 Å². The van der Waals surface area contributed by atoms with Crippen LogP contribution in [0.3, 0.4) is 0 Å². The van der Waals surface area contributed by atoms with Gasteiger partial charge < -0.3 is 4.74 Å². The highest BCUT2D eigenvalue weighted by atomic mass is 35.5. The van der Waals surface area contributed by atoms with Crippen molar-refractivity contribution in [1.82, 2.24) is 0 Å². The summed E-state index contributed by atoms with van der Waals surface area (Å²) in [7, 11) is -4.23. The van der Waals surface area contributed by atoms with E-state index in [1.54, 1.807) is 30.3 Å². The molecule has 0 fully saturated rings. The summed E-state index contributed by atoms with van der Waals surface area (Å²) in [5, 5.41) is 0.0398. The number of carbonyl (C=O) groups excluding carboxylic acids is 1. The van der Waals surface area contributed by atoms with Crippen molar-refractivity contribution in [1.29, 1.82) is 0 Å². The van der Waals surface area contributed by atoms with E-state index in [4.69, 9.17) is 11.6 Å². The van der Waals surface area contributed by atoms with Gasteiger partial charge in [0.25, 0.3) is 10.0 Å². The van der Waals surface area contributed by atoms with E-state index in [0.29, 0.717) is 5.56 Å². The van der Waals surface area contributed by atoms with Gasteiger partial charge in [-0.2, -0.15) is 0 Å². The number of alkyl halides is 3. The predicted molar refractivity (Wildman–Crippen MR) is 105 cm³/mol. The molecule has 0 saturated carbocycles. The summed E-state index contributed by atoms with van der Waals surface area (Å²) in [6, 6.07) is 16.1. The van der Waals surface area contributed by atoms with Crippen molar-refractivity contribution in [2.24, 2.45) is 0 Å². The standard InChI is InChI=1S/C20H13ClF3NO4S/c21-16-7-4-8-17(18(16)19(26)13-5-2-1-3-6-13)25-30(27,28)15-11-9-14(10-12-15)29-20(22,23)24/h1-12,25H. The molecule has 0 unspecified atom stereocenters. The Balaban J connectivity index is 1.92. The Bertz CT molecular complexity index is 1160. The number of hydrogen-bond acceptors (Lipinski definition) is 4. The van der Waals surface area contributed by atoms with Crippen LogP contribution in [0.15, 0.2) is 77.7 Å². The second kappa shape index (κ2) is 8.37. The van der Waals surface area contributed by atoms with E-state index in [9.17, 15) is 26.4 Å². The van der Waals surface area contributed by atoms with Crippen molar-refractivity contribution in [3.05, 3.63) is 88.9 Å². The van der Waals surface area contributed by atoms with E-state index < -0.39 is 27.9 Å². The van der Waals surface area contributed by atoms with Crippen LogP contribution in [0.25, 0.3) is 0 Å². The first-order valence-corrected chi connectivity index (χ1v) is 10.2. The fraction of sp³-hybridized carbons (Fsp3) is 0.0500. The zero-order valence-corrected chi connectivity index (χ0v) is 16.6. The number of carbonyl (C=O) groups is 1. The molecule has 30 heavy (non-hydrogen) atoms. The Kier molecular flexibility index (Phi) is 6.04. The maximum Gasteiger partial charge on any atom is 0.573 e. The molecule has 0 spiro atoms. The quantitative estimate of drug-likeness (QED) is 0.514. The van der Waals surface area contributed by atoms with Crippen molar-refractivity contribution in [2.75, 3.05) is 4.72 Å². The van der Waals surface area contributed by atoms with E-state index >= 15 is 0 Å². The van der Waals surface area contributed by atoms with E-state index in [0.717, 1.165) is 24.3 Å². The van der Waals surface area contributed by atoms with E-state index in [-0.39, 0.29) is 21.2 Å². The van der Waals surface area contributed by atoms with Gasteiger partial charge in [-0.25, -0.2) is 8.42 Å². The van der Waals surface area contributed by atoms with Gasteiger partial charge in [-0.1, -0.05) is 48.0 Å². The number of benzene rings is 3. The normalized spacial score (nSPS) is 11.7. The first-order valence-electron chi connectivity index (χ1n) is 8.34. The average Bonchev–Trinajstić information content (AvgIpc) is 2.67. The van der Waals surface area contributed by atoms with Crippen LogP contribution in [0.2, 0.25) is 5.02 Å². The number of rotatable bonds is 6. The number of ketones is 1. The summed E-state index contributed by atoms with van der Waals surface area (Å²) in [4.78, 5) is 12.5. The van der Waals surface area contributed by atoms with Gasteiger partial charge >= 0.3 is 6.36 Å². The van der Waals surface area contributed by atoms with Crippen LogP contribution in [0.1, 0.15) is 15.9 Å². The van der Waals surface area contributed by atoms with Crippen LogP contribution in [-0.2, 0) is 10.0 Å². The molecule has 156 valence electrons. The lowest BCUT2D eigenvalue weighted by atomic mass is 10.0. The molecule has 0 radical (unpaired) electrons. The Labute approximate surface area is 175 Å². The second-order valence-corrected chi connectivity index (χ2v) is 8.07. The van der Waals surface area contributed by atoms with Gasteiger partial charge in [0.2, 0.25) is 0 Å². The van der Waals surface area contributed by atoms with Crippen LogP contribution in [-0.4, -0.2) is 20.6 Å². The average molecular weight is 456 g/mol. The Hall–Kier alpha value is -3.04. The minimum Gasteiger partial charge on any atom is -0.406 e. The van der Waals surface area contributed by atoms with Crippen molar-refractivity contribution in [2.45, 2.75) is 11.3 Å². The van der Waals surface area contributed by atoms with Crippen LogP contribution >= 0.6 is 11.6 Å². The van der Waals surface area contributed by atoms with Crippen molar-refractivity contribution in [3.8, 4) is 5.75 Å². The van der Waals surface area contributed by atoms with E-state index in [1.807, 2.05) is 0 Å². The molecule has 0 atom stereocenters. The highest BCUT2D eigenvalue weighted by Crippen LogP contribution is 2.30. The molecule has 1 N–H and O–H groups in total. The van der Waals surface area contributed by atoms with Gasteiger partial charge in [-0.15, -0.1) is 13.2 Å². The monoisotopic (exact) mass is 455 g/mol. The first-order chi connectivity index (χ1) is 14.1. The fourth-order valence-electron chi connectivity index (χ4n) is 2.60. The summed E-state index contributed by atoms with van der Waals surface area (Å²) >= 11 is 6.15. The van der Waals surface area contributed by atoms with Gasteiger partial charge in [0.05, 0.1) is 21.2 Å². The summed E-state index contributed by atoms with van der Waals surface area (Å²) in [6.07, 6.45) is -4.90. The number of hydrogen-bond donors (Lipinski definition) is 1. The number of nitrogens with one attached hydrogen (secondary N) is 1. The maximum atomic E-state index is 12.8. The Morgan fingerprint density at radius 1 is 0.900 bits per heavy atom. The Morgan fingerprint density at radius 3 is 2.13 bits per heavy atom. The zero-order chi connectivity index (χ0) is 21.9. The summed E-state index contributed by atoms with van der Waals surface area (Å²) in [6.45, 7) is 0.